The highest BCUT2D eigenvalue weighted by molar-refractivity contribution is 5.56. The fraction of sp³-hybridized carbons (Fsp3) is 0.526. The molecule has 132 valence electrons. The minimum absolute atomic E-state index is 0.0768. The molecular weight excluding hydrogens is 316 g/mol. The summed E-state index contributed by atoms with van der Waals surface area (Å²) in [4.78, 5) is 18.6. The van der Waals surface area contributed by atoms with E-state index in [0.717, 1.165) is 56.5 Å². The van der Waals surface area contributed by atoms with E-state index in [1.54, 1.807) is 29.2 Å². The molecule has 3 heterocycles. The molecule has 6 heteroatoms. The topological polar surface area (TPSA) is 71.2 Å². The molecule has 2 fully saturated rings. The molecule has 1 atom stereocenters. The van der Waals surface area contributed by atoms with Gasteiger partial charge in [0.25, 0.3) is 5.56 Å². The van der Waals surface area contributed by atoms with Gasteiger partial charge >= 0.3 is 0 Å². The van der Waals surface area contributed by atoms with E-state index in [1.165, 1.54) is 0 Å². The SMILES string of the molecule is O=c1ccc(-c2ccncc2)nn1CC1CCCN1CC1(O)CCC1. The highest BCUT2D eigenvalue weighted by Gasteiger charge is 2.39. The Balaban J connectivity index is 1.52. The summed E-state index contributed by atoms with van der Waals surface area (Å²) in [5.74, 6) is 0. The summed E-state index contributed by atoms with van der Waals surface area (Å²) < 4.78 is 1.57. The van der Waals surface area contributed by atoms with Crippen molar-refractivity contribution in [2.24, 2.45) is 0 Å². The molecular formula is C19H24N4O2. The van der Waals surface area contributed by atoms with Crippen LogP contribution in [0.4, 0.5) is 0 Å². The fourth-order valence-electron chi connectivity index (χ4n) is 3.89. The molecule has 1 unspecified atom stereocenters. The number of aromatic nitrogens is 3. The third kappa shape index (κ3) is 3.50. The first kappa shape index (κ1) is 16.4. The zero-order valence-electron chi connectivity index (χ0n) is 14.3. The van der Waals surface area contributed by atoms with Crippen LogP contribution in [0.5, 0.6) is 0 Å². The van der Waals surface area contributed by atoms with Gasteiger partial charge in [-0.2, -0.15) is 5.10 Å². The summed E-state index contributed by atoms with van der Waals surface area (Å²) >= 11 is 0. The highest BCUT2D eigenvalue weighted by atomic mass is 16.3. The van der Waals surface area contributed by atoms with Gasteiger partial charge in [-0.05, 0) is 56.8 Å². The van der Waals surface area contributed by atoms with Crippen LogP contribution >= 0.6 is 0 Å². The second kappa shape index (κ2) is 6.69. The molecule has 4 rings (SSSR count). The smallest absolute Gasteiger partial charge is 0.266 e. The van der Waals surface area contributed by atoms with E-state index in [9.17, 15) is 9.90 Å². The fourth-order valence-corrected chi connectivity index (χ4v) is 3.89. The predicted octanol–water partition coefficient (Wildman–Crippen LogP) is 1.68. The lowest BCUT2D eigenvalue weighted by Gasteiger charge is -2.41. The average molecular weight is 340 g/mol. The summed E-state index contributed by atoms with van der Waals surface area (Å²) in [6.45, 7) is 2.29. The lowest BCUT2D eigenvalue weighted by molar-refractivity contribution is -0.0621. The maximum absolute atomic E-state index is 12.3. The van der Waals surface area contributed by atoms with E-state index in [2.05, 4.69) is 15.0 Å². The van der Waals surface area contributed by atoms with Crippen molar-refractivity contribution in [3.05, 3.63) is 47.0 Å². The second-order valence-electron chi connectivity index (χ2n) is 7.32. The van der Waals surface area contributed by atoms with Crippen LogP contribution in [0.15, 0.2) is 41.5 Å². The third-order valence-corrected chi connectivity index (χ3v) is 5.51. The van der Waals surface area contributed by atoms with Crippen LogP contribution in [0.3, 0.4) is 0 Å². The Hall–Kier alpha value is -2.05. The summed E-state index contributed by atoms with van der Waals surface area (Å²) in [5, 5.41) is 15.0. The van der Waals surface area contributed by atoms with Crippen LogP contribution in [-0.4, -0.2) is 49.5 Å². The van der Waals surface area contributed by atoms with Crippen LogP contribution < -0.4 is 5.56 Å². The van der Waals surface area contributed by atoms with Gasteiger partial charge in [-0.25, -0.2) is 4.68 Å². The van der Waals surface area contributed by atoms with Crippen molar-refractivity contribution in [3.8, 4) is 11.3 Å². The zero-order valence-corrected chi connectivity index (χ0v) is 14.3. The van der Waals surface area contributed by atoms with Crippen LogP contribution in [0.1, 0.15) is 32.1 Å². The van der Waals surface area contributed by atoms with E-state index in [4.69, 9.17) is 0 Å². The lowest BCUT2D eigenvalue weighted by atomic mass is 9.80. The number of rotatable bonds is 5. The summed E-state index contributed by atoms with van der Waals surface area (Å²) in [7, 11) is 0. The van der Waals surface area contributed by atoms with Gasteiger partial charge in [0, 0.05) is 36.6 Å². The molecule has 0 bridgehead atoms. The Bertz CT molecular complexity index is 786. The Morgan fingerprint density at radius 3 is 2.68 bits per heavy atom. The van der Waals surface area contributed by atoms with Gasteiger partial charge in [-0.1, -0.05) is 0 Å². The molecule has 1 saturated heterocycles. The minimum Gasteiger partial charge on any atom is -0.389 e. The van der Waals surface area contributed by atoms with Gasteiger partial charge in [0.1, 0.15) is 0 Å². The quantitative estimate of drug-likeness (QED) is 0.897. The number of hydrogen-bond acceptors (Lipinski definition) is 5. The van der Waals surface area contributed by atoms with Gasteiger partial charge in [-0.15, -0.1) is 0 Å². The van der Waals surface area contributed by atoms with E-state index >= 15 is 0 Å². The molecule has 25 heavy (non-hydrogen) atoms. The largest absolute Gasteiger partial charge is 0.389 e. The number of likely N-dealkylation sites (tertiary alicyclic amines) is 1. The first-order valence-corrected chi connectivity index (χ1v) is 9.08. The van der Waals surface area contributed by atoms with Gasteiger partial charge in [0.2, 0.25) is 0 Å². The van der Waals surface area contributed by atoms with Crippen molar-refractivity contribution < 1.29 is 5.11 Å². The van der Waals surface area contributed by atoms with Gasteiger partial charge in [0.15, 0.2) is 0 Å². The molecule has 2 aliphatic rings. The minimum atomic E-state index is -0.514. The number of β-amino-alcohol motifs (C(OH)–C–C–N with tert-alkyl or cyclic N) is 1. The molecule has 1 aliphatic heterocycles. The summed E-state index contributed by atoms with van der Waals surface area (Å²) in [6.07, 6.45) is 8.51. The van der Waals surface area contributed by atoms with E-state index in [1.807, 2.05) is 12.1 Å². The Morgan fingerprint density at radius 1 is 1.16 bits per heavy atom. The summed E-state index contributed by atoms with van der Waals surface area (Å²) in [6, 6.07) is 7.40. The van der Waals surface area contributed by atoms with Crippen LogP contribution in [-0.2, 0) is 6.54 Å². The van der Waals surface area contributed by atoms with Crippen LogP contribution in [0.2, 0.25) is 0 Å². The molecule has 6 nitrogen and oxygen atoms in total. The number of pyridine rings is 1. The van der Waals surface area contributed by atoms with Crippen molar-refractivity contribution in [3.63, 3.8) is 0 Å². The first-order valence-electron chi connectivity index (χ1n) is 9.08. The summed E-state index contributed by atoms with van der Waals surface area (Å²) in [5.41, 5.74) is 1.15. The molecule has 1 aliphatic carbocycles. The van der Waals surface area contributed by atoms with E-state index < -0.39 is 5.60 Å². The lowest BCUT2D eigenvalue weighted by Crippen LogP contribution is -2.50. The van der Waals surface area contributed by atoms with Crippen LogP contribution in [0.25, 0.3) is 11.3 Å². The van der Waals surface area contributed by atoms with Crippen molar-refractivity contribution in [1.82, 2.24) is 19.7 Å². The molecule has 1 N–H and O–H groups in total. The van der Waals surface area contributed by atoms with Crippen molar-refractivity contribution in [2.45, 2.75) is 50.3 Å². The zero-order chi connectivity index (χ0) is 17.3. The Labute approximate surface area is 147 Å². The number of aliphatic hydroxyl groups is 1. The Morgan fingerprint density at radius 2 is 1.96 bits per heavy atom. The standard InChI is InChI=1S/C19H24N4O2/c24-18-5-4-17(15-6-10-20-11-7-15)21-23(18)13-16-3-1-12-22(16)14-19(25)8-2-9-19/h4-7,10-11,16,25H,1-3,8-9,12-14H2. The molecule has 0 radical (unpaired) electrons. The van der Waals surface area contributed by atoms with E-state index in [0.29, 0.717) is 6.54 Å². The molecule has 1 saturated carbocycles. The number of hydrogen-bond donors (Lipinski definition) is 1. The number of nitrogens with zero attached hydrogens (tertiary/aromatic N) is 4. The Kier molecular flexibility index (Phi) is 4.39. The van der Waals surface area contributed by atoms with Gasteiger partial charge in [0.05, 0.1) is 17.8 Å². The van der Waals surface area contributed by atoms with Crippen molar-refractivity contribution in [2.75, 3.05) is 13.1 Å². The molecule has 0 aromatic carbocycles. The highest BCUT2D eigenvalue weighted by Crippen LogP contribution is 2.34. The monoisotopic (exact) mass is 340 g/mol. The normalized spacial score (nSPS) is 22.7. The van der Waals surface area contributed by atoms with E-state index in [-0.39, 0.29) is 11.6 Å². The predicted molar refractivity (Wildman–Crippen MR) is 95.1 cm³/mol. The maximum Gasteiger partial charge on any atom is 0.266 e. The van der Waals surface area contributed by atoms with Crippen LogP contribution in [0, 0.1) is 0 Å². The molecule has 2 aromatic heterocycles. The maximum atomic E-state index is 12.3. The second-order valence-corrected chi connectivity index (χ2v) is 7.32. The first-order chi connectivity index (χ1) is 12.1. The molecule has 2 aromatic rings. The molecule has 0 amide bonds. The average Bonchev–Trinajstić information content (AvgIpc) is 3.03. The van der Waals surface area contributed by atoms with Gasteiger partial charge < -0.3 is 5.11 Å². The van der Waals surface area contributed by atoms with Gasteiger partial charge in [-0.3, -0.25) is 14.7 Å². The van der Waals surface area contributed by atoms with Crippen molar-refractivity contribution >= 4 is 0 Å². The third-order valence-electron chi connectivity index (χ3n) is 5.51. The molecule has 0 spiro atoms. The van der Waals surface area contributed by atoms with Crippen molar-refractivity contribution in [1.29, 1.82) is 0 Å².